The minimum atomic E-state index is -0.868. The van der Waals surface area contributed by atoms with Gasteiger partial charge in [0.05, 0.1) is 14.2 Å². The number of aliphatic carboxylic acids is 1. The molecule has 0 bridgehead atoms. The highest BCUT2D eigenvalue weighted by Crippen LogP contribution is 2.33. The van der Waals surface area contributed by atoms with Crippen molar-refractivity contribution >= 4 is 5.97 Å². The Balaban J connectivity index is 2.88. The van der Waals surface area contributed by atoms with Crippen LogP contribution in [0.5, 0.6) is 11.5 Å². The Kier molecular flexibility index (Phi) is 4.75. The van der Waals surface area contributed by atoms with E-state index in [4.69, 9.17) is 14.6 Å². The van der Waals surface area contributed by atoms with Crippen molar-refractivity contribution in [3.05, 3.63) is 23.5 Å². The molecular weight excluding hydrogens is 227 g/mol. The Morgan fingerprint density at radius 3 is 2.59 bits per heavy atom. The first-order valence-electron chi connectivity index (χ1n) is 5.20. The summed E-state index contributed by atoms with van der Waals surface area (Å²) in [5.74, 6) is -0.516. The summed E-state index contributed by atoms with van der Waals surface area (Å²) >= 11 is 0. The van der Waals surface area contributed by atoms with Crippen LogP contribution in [0.3, 0.4) is 0 Å². The predicted molar refractivity (Wildman–Crippen MR) is 60.1 cm³/mol. The van der Waals surface area contributed by atoms with Gasteiger partial charge in [-0.2, -0.15) is 0 Å². The largest absolute Gasteiger partial charge is 0.493 e. The lowest BCUT2D eigenvalue weighted by Gasteiger charge is -2.12. The zero-order valence-electron chi connectivity index (χ0n) is 9.83. The van der Waals surface area contributed by atoms with Crippen molar-refractivity contribution in [3.8, 4) is 11.5 Å². The fourth-order valence-electron chi connectivity index (χ4n) is 1.62. The maximum atomic E-state index is 13.3. The number of hydrogen-bond donors (Lipinski definition) is 1. The normalized spacial score (nSPS) is 10.1. The van der Waals surface area contributed by atoms with Crippen LogP contribution in [0, 0.1) is 5.82 Å². The van der Waals surface area contributed by atoms with E-state index >= 15 is 0 Å². The maximum absolute atomic E-state index is 13.3. The van der Waals surface area contributed by atoms with Crippen LogP contribution < -0.4 is 9.47 Å². The summed E-state index contributed by atoms with van der Waals surface area (Å²) in [6, 6.07) is 2.57. The molecule has 0 unspecified atom stereocenters. The van der Waals surface area contributed by atoms with E-state index in [1.807, 2.05) is 0 Å². The number of carbonyl (C=O) groups is 1. The number of aryl methyl sites for hydroxylation is 1. The highest BCUT2D eigenvalue weighted by Gasteiger charge is 2.12. The van der Waals surface area contributed by atoms with Crippen molar-refractivity contribution in [2.45, 2.75) is 19.3 Å². The fourth-order valence-corrected chi connectivity index (χ4v) is 1.62. The molecule has 1 N–H and O–H groups in total. The molecule has 0 heterocycles. The smallest absolute Gasteiger partial charge is 0.303 e. The molecule has 94 valence electrons. The summed E-state index contributed by atoms with van der Waals surface area (Å²) in [5, 5.41) is 8.54. The van der Waals surface area contributed by atoms with Crippen LogP contribution in [0.2, 0.25) is 0 Å². The predicted octanol–water partition coefficient (Wildman–Crippen LogP) is 2.25. The van der Waals surface area contributed by atoms with Gasteiger partial charge >= 0.3 is 5.97 Å². The average molecular weight is 242 g/mol. The van der Waals surface area contributed by atoms with Crippen LogP contribution in [0.25, 0.3) is 0 Å². The van der Waals surface area contributed by atoms with Crippen molar-refractivity contribution < 1.29 is 23.8 Å². The van der Waals surface area contributed by atoms with Crippen molar-refractivity contribution in [1.82, 2.24) is 0 Å². The van der Waals surface area contributed by atoms with Crippen molar-refractivity contribution in [2.75, 3.05) is 14.2 Å². The van der Waals surface area contributed by atoms with Crippen LogP contribution in [-0.4, -0.2) is 25.3 Å². The third kappa shape index (κ3) is 3.62. The Labute approximate surface area is 99.0 Å². The third-order valence-electron chi connectivity index (χ3n) is 2.36. The lowest BCUT2D eigenvalue weighted by atomic mass is 10.1. The van der Waals surface area contributed by atoms with Crippen molar-refractivity contribution in [3.63, 3.8) is 0 Å². The molecule has 5 heteroatoms. The summed E-state index contributed by atoms with van der Waals surface area (Å²) in [6.07, 6.45) is 0.907. The number of carboxylic acids is 1. The van der Waals surface area contributed by atoms with Crippen LogP contribution in [0.15, 0.2) is 12.1 Å². The molecule has 0 saturated carbocycles. The quantitative estimate of drug-likeness (QED) is 0.831. The second-order valence-corrected chi connectivity index (χ2v) is 3.55. The van der Waals surface area contributed by atoms with Gasteiger partial charge in [-0.15, -0.1) is 0 Å². The first kappa shape index (κ1) is 13.3. The molecule has 0 amide bonds. The van der Waals surface area contributed by atoms with Gasteiger partial charge in [0.25, 0.3) is 0 Å². The molecule has 0 aliphatic heterocycles. The van der Waals surface area contributed by atoms with Crippen LogP contribution in [0.1, 0.15) is 18.4 Å². The Bertz CT molecular complexity index is 404. The second-order valence-electron chi connectivity index (χ2n) is 3.55. The number of hydrogen-bond acceptors (Lipinski definition) is 3. The van der Waals surface area contributed by atoms with E-state index in [-0.39, 0.29) is 6.42 Å². The third-order valence-corrected chi connectivity index (χ3v) is 2.36. The van der Waals surface area contributed by atoms with Gasteiger partial charge in [-0.1, -0.05) is 0 Å². The van der Waals surface area contributed by atoms with E-state index in [9.17, 15) is 9.18 Å². The van der Waals surface area contributed by atoms with Gasteiger partial charge in [-0.3, -0.25) is 4.79 Å². The standard InChI is InChI=1S/C12H15FO4/c1-16-10-7-9(13)6-8(12(10)17-2)4-3-5-11(14)15/h6-7H,3-5H2,1-2H3,(H,14,15). The summed E-state index contributed by atoms with van der Waals surface area (Å²) in [4.78, 5) is 10.4. The SMILES string of the molecule is COc1cc(F)cc(CCCC(=O)O)c1OC. The number of methoxy groups -OCH3 is 2. The summed E-state index contributed by atoms with van der Waals surface area (Å²) < 4.78 is 23.4. The number of halogens is 1. The molecule has 0 aliphatic carbocycles. The van der Waals surface area contributed by atoms with Crippen molar-refractivity contribution in [2.24, 2.45) is 0 Å². The monoisotopic (exact) mass is 242 g/mol. The molecule has 0 aromatic heterocycles. The zero-order chi connectivity index (χ0) is 12.8. The minimum absolute atomic E-state index is 0.0436. The minimum Gasteiger partial charge on any atom is -0.493 e. The summed E-state index contributed by atoms with van der Waals surface area (Å²) in [7, 11) is 2.90. The van der Waals surface area contributed by atoms with Crippen LogP contribution in [-0.2, 0) is 11.2 Å². The van der Waals surface area contributed by atoms with E-state index < -0.39 is 11.8 Å². The highest BCUT2D eigenvalue weighted by atomic mass is 19.1. The summed E-state index contributed by atoms with van der Waals surface area (Å²) in [6.45, 7) is 0. The lowest BCUT2D eigenvalue weighted by Crippen LogP contribution is -2.00. The molecule has 4 nitrogen and oxygen atoms in total. The highest BCUT2D eigenvalue weighted by molar-refractivity contribution is 5.66. The van der Waals surface area contributed by atoms with Gasteiger partial charge < -0.3 is 14.6 Å². The van der Waals surface area contributed by atoms with Gasteiger partial charge in [0.1, 0.15) is 5.82 Å². The molecule has 0 aliphatic rings. The number of benzene rings is 1. The van der Waals surface area contributed by atoms with Gasteiger partial charge in [0.15, 0.2) is 11.5 Å². The molecule has 0 atom stereocenters. The molecule has 0 fully saturated rings. The molecule has 1 rings (SSSR count). The van der Waals surface area contributed by atoms with Gasteiger partial charge in [0.2, 0.25) is 0 Å². The van der Waals surface area contributed by atoms with E-state index in [0.717, 1.165) is 0 Å². The second kappa shape index (κ2) is 6.08. The topological polar surface area (TPSA) is 55.8 Å². The molecule has 17 heavy (non-hydrogen) atoms. The molecule has 0 saturated heterocycles. The first-order valence-corrected chi connectivity index (χ1v) is 5.20. The van der Waals surface area contributed by atoms with Crippen LogP contribution in [0.4, 0.5) is 4.39 Å². The summed E-state index contributed by atoms with van der Waals surface area (Å²) in [5.41, 5.74) is 0.616. The number of carboxylic acid groups (broad SMARTS) is 1. The number of ether oxygens (including phenoxy) is 2. The molecule has 1 aromatic carbocycles. The van der Waals surface area contributed by atoms with E-state index in [1.165, 1.54) is 26.4 Å². The Morgan fingerprint density at radius 1 is 1.35 bits per heavy atom. The Hall–Kier alpha value is -1.78. The Morgan fingerprint density at radius 2 is 2.06 bits per heavy atom. The zero-order valence-corrected chi connectivity index (χ0v) is 9.83. The maximum Gasteiger partial charge on any atom is 0.303 e. The van der Waals surface area contributed by atoms with E-state index in [1.54, 1.807) is 0 Å². The van der Waals surface area contributed by atoms with Gasteiger partial charge in [0, 0.05) is 18.1 Å². The van der Waals surface area contributed by atoms with E-state index in [2.05, 4.69) is 0 Å². The first-order chi connectivity index (χ1) is 8.08. The van der Waals surface area contributed by atoms with E-state index in [0.29, 0.717) is 29.9 Å². The molecule has 1 aromatic rings. The van der Waals surface area contributed by atoms with Crippen molar-refractivity contribution in [1.29, 1.82) is 0 Å². The average Bonchev–Trinajstić information content (AvgIpc) is 2.27. The lowest BCUT2D eigenvalue weighted by molar-refractivity contribution is -0.137. The fraction of sp³-hybridized carbons (Fsp3) is 0.417. The molecule has 0 radical (unpaired) electrons. The van der Waals surface area contributed by atoms with Crippen LogP contribution >= 0.6 is 0 Å². The molecular formula is C12H15FO4. The van der Waals surface area contributed by atoms with Gasteiger partial charge in [-0.05, 0) is 18.9 Å². The number of rotatable bonds is 6. The molecule has 0 spiro atoms. The van der Waals surface area contributed by atoms with Gasteiger partial charge in [-0.25, -0.2) is 4.39 Å².